The molecule has 0 aliphatic rings. The molecule has 1 heterocycles. The third-order valence-electron chi connectivity index (χ3n) is 4.54. The lowest BCUT2D eigenvalue weighted by Crippen LogP contribution is -2.22. The average molecular weight is 484 g/mol. The van der Waals surface area contributed by atoms with Gasteiger partial charge in [0.05, 0.1) is 17.1 Å². The van der Waals surface area contributed by atoms with E-state index in [2.05, 4.69) is 10.6 Å². The second-order valence-corrected chi connectivity index (χ2v) is 7.91. The number of para-hydroxylation sites is 1. The molecule has 0 atom stereocenters. The molecule has 176 valence electrons. The Kier molecular flexibility index (Phi) is 7.93. The third kappa shape index (κ3) is 5.95. The number of nitro groups is 1. The van der Waals surface area contributed by atoms with Crippen molar-refractivity contribution >= 4 is 45.5 Å². The molecule has 0 fully saturated rings. The van der Waals surface area contributed by atoms with E-state index in [0.717, 1.165) is 11.3 Å². The fourth-order valence-corrected chi connectivity index (χ4v) is 4.07. The summed E-state index contributed by atoms with van der Waals surface area (Å²) in [5.41, 5.74) is 0.963. The topological polar surface area (TPSA) is 137 Å². The molecule has 34 heavy (non-hydrogen) atoms. The van der Waals surface area contributed by atoms with Gasteiger partial charge in [-0.15, -0.1) is 11.3 Å². The molecule has 0 saturated carbocycles. The summed E-state index contributed by atoms with van der Waals surface area (Å²) in [5, 5.41) is 16.3. The molecular formula is C23H21N3O7S. The van der Waals surface area contributed by atoms with Gasteiger partial charge < -0.3 is 20.1 Å². The molecule has 0 aliphatic heterocycles. The molecule has 3 rings (SSSR count). The number of amides is 2. The van der Waals surface area contributed by atoms with Crippen LogP contribution in [0, 0.1) is 17.0 Å². The summed E-state index contributed by atoms with van der Waals surface area (Å²) < 4.78 is 10.4. The Labute approximate surface area is 198 Å². The van der Waals surface area contributed by atoms with Gasteiger partial charge >= 0.3 is 5.97 Å². The number of rotatable bonds is 9. The molecule has 1 aromatic heterocycles. The number of hydrogen-bond donors (Lipinski definition) is 2. The van der Waals surface area contributed by atoms with Crippen molar-refractivity contribution in [2.75, 3.05) is 23.8 Å². The average Bonchev–Trinajstić information content (AvgIpc) is 3.14. The molecule has 3 aromatic rings. The molecule has 10 nitrogen and oxygen atoms in total. The van der Waals surface area contributed by atoms with Crippen molar-refractivity contribution in [3.8, 4) is 5.75 Å². The van der Waals surface area contributed by atoms with Gasteiger partial charge in [0.15, 0.2) is 6.61 Å². The van der Waals surface area contributed by atoms with Crippen molar-refractivity contribution in [1.29, 1.82) is 0 Å². The summed E-state index contributed by atoms with van der Waals surface area (Å²) in [6, 6.07) is 14.0. The number of nitro benzene ring substituents is 1. The molecule has 0 unspecified atom stereocenters. The van der Waals surface area contributed by atoms with Crippen molar-refractivity contribution in [2.45, 2.75) is 13.8 Å². The van der Waals surface area contributed by atoms with Crippen LogP contribution in [0.5, 0.6) is 5.75 Å². The standard InChI is InChI=1S/C23H21N3O7S/c1-3-32-23(29)20-14(2)19(21(28)24-15-7-5-4-6-8-15)22(34-20)25-18(27)13-33-17-11-9-16(10-12-17)26(30)31/h4-12H,3,13H2,1-2H3,(H,24,28)(H,25,27). The summed E-state index contributed by atoms with van der Waals surface area (Å²) >= 11 is 0.930. The van der Waals surface area contributed by atoms with Crippen molar-refractivity contribution in [1.82, 2.24) is 0 Å². The first kappa shape index (κ1) is 24.4. The van der Waals surface area contributed by atoms with E-state index in [9.17, 15) is 24.5 Å². The minimum absolute atomic E-state index is 0.105. The minimum Gasteiger partial charge on any atom is -0.484 e. The number of hydrogen-bond acceptors (Lipinski definition) is 8. The lowest BCUT2D eigenvalue weighted by Gasteiger charge is -2.09. The van der Waals surface area contributed by atoms with Gasteiger partial charge in [-0.1, -0.05) is 18.2 Å². The van der Waals surface area contributed by atoms with Gasteiger partial charge in [-0.05, 0) is 43.7 Å². The maximum Gasteiger partial charge on any atom is 0.348 e. The van der Waals surface area contributed by atoms with Crippen molar-refractivity contribution in [2.24, 2.45) is 0 Å². The van der Waals surface area contributed by atoms with Gasteiger partial charge in [-0.25, -0.2) is 4.79 Å². The number of nitrogens with one attached hydrogen (secondary N) is 2. The van der Waals surface area contributed by atoms with Crippen LogP contribution >= 0.6 is 11.3 Å². The maximum absolute atomic E-state index is 13.0. The fraction of sp³-hybridized carbons (Fsp3) is 0.174. The van der Waals surface area contributed by atoms with Crippen molar-refractivity contribution in [3.63, 3.8) is 0 Å². The summed E-state index contributed by atoms with van der Waals surface area (Å²) in [6.07, 6.45) is 0. The van der Waals surface area contributed by atoms with Crippen LogP contribution in [-0.4, -0.2) is 35.9 Å². The summed E-state index contributed by atoms with van der Waals surface area (Å²) in [7, 11) is 0. The number of ether oxygens (including phenoxy) is 2. The number of carbonyl (C=O) groups excluding carboxylic acids is 3. The van der Waals surface area contributed by atoms with Crippen LogP contribution in [0.1, 0.15) is 32.5 Å². The van der Waals surface area contributed by atoms with Crippen LogP contribution in [0.2, 0.25) is 0 Å². The molecule has 0 saturated heterocycles. The Balaban J connectivity index is 1.78. The number of thiophene rings is 1. The molecule has 2 N–H and O–H groups in total. The summed E-state index contributed by atoms with van der Waals surface area (Å²) in [4.78, 5) is 48.3. The van der Waals surface area contributed by atoms with Crippen LogP contribution in [0.4, 0.5) is 16.4 Å². The number of esters is 1. The quantitative estimate of drug-likeness (QED) is 0.261. The highest BCUT2D eigenvalue weighted by molar-refractivity contribution is 7.18. The predicted octanol–water partition coefficient (Wildman–Crippen LogP) is 4.41. The smallest absolute Gasteiger partial charge is 0.348 e. The molecule has 0 radical (unpaired) electrons. The number of non-ortho nitro benzene ring substituents is 1. The normalized spacial score (nSPS) is 10.3. The van der Waals surface area contributed by atoms with Crippen LogP contribution < -0.4 is 15.4 Å². The molecule has 0 bridgehead atoms. The zero-order chi connectivity index (χ0) is 24.7. The zero-order valence-electron chi connectivity index (χ0n) is 18.3. The molecule has 2 aromatic carbocycles. The number of anilines is 2. The largest absolute Gasteiger partial charge is 0.484 e. The molecule has 0 spiro atoms. The highest BCUT2D eigenvalue weighted by Crippen LogP contribution is 2.34. The minimum atomic E-state index is -0.596. The van der Waals surface area contributed by atoms with E-state index < -0.39 is 29.3 Å². The van der Waals surface area contributed by atoms with E-state index in [1.54, 1.807) is 44.2 Å². The number of nitrogens with zero attached hydrogens (tertiary/aromatic N) is 1. The van der Waals surface area contributed by atoms with E-state index in [1.807, 2.05) is 0 Å². The Hall–Kier alpha value is -4.25. The lowest BCUT2D eigenvalue weighted by molar-refractivity contribution is -0.384. The molecule has 2 amide bonds. The fourth-order valence-electron chi connectivity index (χ4n) is 2.96. The van der Waals surface area contributed by atoms with Gasteiger partial charge in [0, 0.05) is 17.8 Å². The van der Waals surface area contributed by atoms with Gasteiger partial charge in [0.25, 0.3) is 17.5 Å². The Morgan fingerprint density at radius 2 is 1.71 bits per heavy atom. The molecule has 11 heteroatoms. The third-order valence-corrected chi connectivity index (χ3v) is 5.72. The van der Waals surface area contributed by atoms with Crippen LogP contribution in [0.25, 0.3) is 0 Å². The first-order valence-corrected chi connectivity index (χ1v) is 11.0. The molecule has 0 aliphatic carbocycles. The van der Waals surface area contributed by atoms with Gasteiger partial charge in [-0.2, -0.15) is 0 Å². The first-order valence-electron chi connectivity index (χ1n) is 10.1. The summed E-state index contributed by atoms with van der Waals surface area (Å²) in [6.45, 7) is 3.02. The van der Waals surface area contributed by atoms with E-state index in [-0.39, 0.29) is 33.5 Å². The second-order valence-electron chi connectivity index (χ2n) is 6.89. The van der Waals surface area contributed by atoms with E-state index in [1.165, 1.54) is 24.3 Å². The van der Waals surface area contributed by atoms with Gasteiger partial charge in [0.1, 0.15) is 15.6 Å². The number of benzene rings is 2. The zero-order valence-corrected chi connectivity index (χ0v) is 19.1. The van der Waals surface area contributed by atoms with Crippen LogP contribution in [-0.2, 0) is 9.53 Å². The van der Waals surface area contributed by atoms with Gasteiger partial charge in [0.2, 0.25) is 0 Å². The Morgan fingerprint density at radius 3 is 2.32 bits per heavy atom. The maximum atomic E-state index is 13.0. The lowest BCUT2D eigenvalue weighted by atomic mass is 10.1. The summed E-state index contributed by atoms with van der Waals surface area (Å²) in [5.74, 6) is -1.41. The Morgan fingerprint density at radius 1 is 1.03 bits per heavy atom. The van der Waals surface area contributed by atoms with E-state index in [4.69, 9.17) is 9.47 Å². The van der Waals surface area contributed by atoms with E-state index in [0.29, 0.717) is 11.3 Å². The second kappa shape index (κ2) is 11.1. The van der Waals surface area contributed by atoms with Gasteiger partial charge in [-0.3, -0.25) is 19.7 Å². The molecular weight excluding hydrogens is 462 g/mol. The predicted molar refractivity (Wildman–Crippen MR) is 127 cm³/mol. The van der Waals surface area contributed by atoms with Crippen molar-refractivity contribution < 1.29 is 28.8 Å². The SMILES string of the molecule is CCOC(=O)c1sc(NC(=O)COc2ccc([N+](=O)[O-])cc2)c(C(=O)Nc2ccccc2)c1C. The monoisotopic (exact) mass is 483 g/mol. The number of carbonyl (C=O) groups is 3. The highest BCUT2D eigenvalue weighted by Gasteiger charge is 2.26. The van der Waals surface area contributed by atoms with Crippen molar-refractivity contribution in [3.05, 3.63) is 80.7 Å². The Bertz CT molecular complexity index is 1210. The van der Waals surface area contributed by atoms with Crippen LogP contribution in [0.3, 0.4) is 0 Å². The van der Waals surface area contributed by atoms with Crippen LogP contribution in [0.15, 0.2) is 54.6 Å². The first-order chi connectivity index (χ1) is 16.3. The van der Waals surface area contributed by atoms with E-state index >= 15 is 0 Å². The highest BCUT2D eigenvalue weighted by atomic mass is 32.1.